The first-order valence-corrected chi connectivity index (χ1v) is 6.08. The predicted molar refractivity (Wildman–Crippen MR) is 67.5 cm³/mol. The number of hydrogen-bond donors (Lipinski definition) is 1. The molecular formula is C13H12F3N3O2. The number of halogens is 3. The van der Waals surface area contributed by atoms with Gasteiger partial charge in [-0.2, -0.15) is 13.2 Å². The highest BCUT2D eigenvalue weighted by molar-refractivity contribution is 5.90. The van der Waals surface area contributed by atoms with Gasteiger partial charge in [-0.3, -0.25) is 4.79 Å². The van der Waals surface area contributed by atoms with Crippen molar-refractivity contribution >= 4 is 11.7 Å². The second kappa shape index (κ2) is 5.94. The number of nitrogens with one attached hydrogen (secondary N) is 1. The van der Waals surface area contributed by atoms with Crippen LogP contribution < -0.4 is 5.32 Å². The molecule has 0 spiro atoms. The van der Waals surface area contributed by atoms with E-state index in [0.29, 0.717) is 5.69 Å². The molecule has 0 saturated heterocycles. The van der Waals surface area contributed by atoms with E-state index in [1.165, 1.54) is 31.2 Å². The molecule has 0 saturated carbocycles. The summed E-state index contributed by atoms with van der Waals surface area (Å²) >= 11 is 0. The summed E-state index contributed by atoms with van der Waals surface area (Å²) in [6, 6.07) is 7.29. The van der Waals surface area contributed by atoms with Crippen molar-refractivity contribution in [1.29, 1.82) is 0 Å². The van der Waals surface area contributed by atoms with E-state index in [1.54, 1.807) is 6.07 Å². The van der Waals surface area contributed by atoms with E-state index < -0.39 is 24.4 Å². The van der Waals surface area contributed by atoms with E-state index in [9.17, 15) is 18.0 Å². The average Bonchev–Trinajstić information content (AvgIpc) is 2.81. The SMILES string of the molecule is Cc1nonc1NC(=O)CC(c1ccccc1)C(F)(F)F. The normalized spacial score (nSPS) is 13.0. The number of rotatable bonds is 4. The van der Waals surface area contributed by atoms with Gasteiger partial charge in [0.15, 0.2) is 5.82 Å². The van der Waals surface area contributed by atoms with Crippen LogP contribution in [-0.4, -0.2) is 22.4 Å². The second-order valence-corrected chi connectivity index (χ2v) is 4.46. The molecule has 1 aromatic carbocycles. The van der Waals surface area contributed by atoms with Crippen LogP contribution >= 0.6 is 0 Å². The van der Waals surface area contributed by atoms with Crippen molar-refractivity contribution in [3.05, 3.63) is 41.6 Å². The lowest BCUT2D eigenvalue weighted by Crippen LogP contribution is -2.26. The van der Waals surface area contributed by atoms with Crippen molar-refractivity contribution in [2.45, 2.75) is 25.4 Å². The Morgan fingerprint density at radius 1 is 1.29 bits per heavy atom. The number of anilines is 1. The highest BCUT2D eigenvalue weighted by Gasteiger charge is 2.41. The zero-order valence-corrected chi connectivity index (χ0v) is 11.0. The maximum absolute atomic E-state index is 13.1. The van der Waals surface area contributed by atoms with E-state index >= 15 is 0 Å². The molecule has 1 atom stereocenters. The Kier molecular flexibility index (Phi) is 4.25. The van der Waals surface area contributed by atoms with Gasteiger partial charge in [-0.15, -0.1) is 0 Å². The molecule has 0 aliphatic carbocycles. The average molecular weight is 299 g/mol. The first kappa shape index (κ1) is 15.0. The molecule has 21 heavy (non-hydrogen) atoms. The van der Waals surface area contributed by atoms with Gasteiger partial charge in [-0.05, 0) is 17.6 Å². The van der Waals surface area contributed by atoms with Crippen molar-refractivity contribution < 1.29 is 22.6 Å². The smallest absolute Gasteiger partial charge is 0.306 e. The predicted octanol–water partition coefficient (Wildman–Crippen LogP) is 3.05. The minimum atomic E-state index is -4.52. The van der Waals surface area contributed by atoms with Gasteiger partial charge < -0.3 is 5.32 Å². The summed E-state index contributed by atoms with van der Waals surface area (Å²) < 4.78 is 43.7. The topological polar surface area (TPSA) is 68.0 Å². The summed E-state index contributed by atoms with van der Waals surface area (Å²) in [5.74, 6) is -2.66. The standard InChI is InChI=1S/C13H12F3N3O2/c1-8-12(19-21-18-8)17-11(20)7-10(13(14,15)16)9-5-3-2-4-6-9/h2-6,10H,7H2,1H3,(H,17,19,20). The van der Waals surface area contributed by atoms with E-state index in [1.807, 2.05) is 0 Å². The van der Waals surface area contributed by atoms with Gasteiger partial charge >= 0.3 is 6.18 Å². The Labute approximate surface area is 118 Å². The molecule has 0 aliphatic heterocycles. The number of hydrogen-bond acceptors (Lipinski definition) is 4. The Morgan fingerprint density at radius 2 is 1.95 bits per heavy atom. The second-order valence-electron chi connectivity index (χ2n) is 4.46. The van der Waals surface area contributed by atoms with E-state index in [-0.39, 0.29) is 11.4 Å². The lowest BCUT2D eigenvalue weighted by Gasteiger charge is -2.20. The van der Waals surface area contributed by atoms with Crippen LogP contribution in [0.15, 0.2) is 35.0 Å². The lowest BCUT2D eigenvalue weighted by atomic mass is 9.95. The Bertz CT molecular complexity index is 611. The number of aromatic nitrogens is 2. The van der Waals surface area contributed by atoms with Crippen molar-refractivity contribution in [3.63, 3.8) is 0 Å². The van der Waals surface area contributed by atoms with Gasteiger partial charge in [0.2, 0.25) is 5.91 Å². The minimum absolute atomic E-state index is 0.0222. The molecule has 1 heterocycles. The zero-order chi connectivity index (χ0) is 15.5. The summed E-state index contributed by atoms with van der Waals surface area (Å²) in [5.41, 5.74) is 0.335. The molecule has 2 rings (SSSR count). The first-order valence-electron chi connectivity index (χ1n) is 6.08. The van der Waals surface area contributed by atoms with Crippen LogP contribution in [0, 0.1) is 6.92 Å². The van der Waals surface area contributed by atoms with E-state index in [4.69, 9.17) is 0 Å². The van der Waals surface area contributed by atoms with Gasteiger partial charge in [0, 0.05) is 6.42 Å². The molecule has 0 radical (unpaired) electrons. The third-order valence-corrected chi connectivity index (χ3v) is 2.90. The van der Waals surface area contributed by atoms with Crippen molar-refractivity contribution in [2.24, 2.45) is 0 Å². The molecule has 2 aromatic rings. The molecule has 1 amide bonds. The fraction of sp³-hybridized carbons (Fsp3) is 0.308. The largest absolute Gasteiger partial charge is 0.396 e. The summed E-state index contributed by atoms with van der Waals surface area (Å²) in [7, 11) is 0. The molecule has 8 heteroatoms. The monoisotopic (exact) mass is 299 g/mol. The lowest BCUT2D eigenvalue weighted by molar-refractivity contribution is -0.155. The molecule has 0 fully saturated rings. The minimum Gasteiger partial charge on any atom is -0.306 e. The third kappa shape index (κ3) is 3.80. The third-order valence-electron chi connectivity index (χ3n) is 2.90. The van der Waals surface area contributed by atoms with Crippen LogP contribution in [0.25, 0.3) is 0 Å². The van der Waals surface area contributed by atoms with Crippen molar-refractivity contribution in [3.8, 4) is 0 Å². The Balaban J connectivity index is 2.13. The van der Waals surface area contributed by atoms with Crippen molar-refractivity contribution in [2.75, 3.05) is 5.32 Å². The fourth-order valence-electron chi connectivity index (χ4n) is 1.82. The maximum Gasteiger partial charge on any atom is 0.396 e. The number of alkyl halides is 3. The van der Waals surface area contributed by atoms with Gasteiger partial charge in [0.1, 0.15) is 5.69 Å². The highest BCUT2D eigenvalue weighted by Crippen LogP contribution is 2.37. The van der Waals surface area contributed by atoms with Gasteiger partial charge in [-0.25, -0.2) is 4.63 Å². The first-order chi connectivity index (χ1) is 9.88. The molecule has 1 aromatic heterocycles. The molecule has 5 nitrogen and oxygen atoms in total. The van der Waals surface area contributed by atoms with Gasteiger partial charge in [0.25, 0.3) is 0 Å². The number of nitrogens with zero attached hydrogens (tertiary/aromatic N) is 2. The quantitative estimate of drug-likeness (QED) is 0.942. The summed E-state index contributed by atoms with van der Waals surface area (Å²) in [4.78, 5) is 11.8. The van der Waals surface area contributed by atoms with Crippen LogP contribution in [0.3, 0.4) is 0 Å². The van der Waals surface area contributed by atoms with Crippen LogP contribution in [0.5, 0.6) is 0 Å². The summed E-state index contributed by atoms with van der Waals surface area (Å²) in [5, 5.41) is 9.09. The number of carbonyl (C=O) groups is 1. The molecule has 112 valence electrons. The van der Waals surface area contributed by atoms with E-state index in [0.717, 1.165) is 0 Å². The Hall–Kier alpha value is -2.38. The number of amides is 1. The molecule has 1 N–H and O–H groups in total. The number of carbonyl (C=O) groups excluding carboxylic acids is 1. The Morgan fingerprint density at radius 3 is 2.48 bits per heavy atom. The number of benzene rings is 1. The molecule has 1 unspecified atom stereocenters. The van der Waals surface area contributed by atoms with Gasteiger partial charge in [-0.1, -0.05) is 35.5 Å². The van der Waals surface area contributed by atoms with Gasteiger partial charge in [0.05, 0.1) is 5.92 Å². The zero-order valence-electron chi connectivity index (χ0n) is 11.0. The summed E-state index contributed by atoms with van der Waals surface area (Å²) in [6.07, 6.45) is -5.25. The molecular weight excluding hydrogens is 287 g/mol. The van der Waals surface area contributed by atoms with Crippen molar-refractivity contribution in [1.82, 2.24) is 10.3 Å². The summed E-state index contributed by atoms with van der Waals surface area (Å²) in [6.45, 7) is 1.52. The molecule has 0 bridgehead atoms. The molecule has 0 aliphatic rings. The number of aryl methyl sites for hydroxylation is 1. The van der Waals surface area contributed by atoms with Crippen LogP contribution in [0.2, 0.25) is 0 Å². The van der Waals surface area contributed by atoms with Crippen LogP contribution in [0.1, 0.15) is 23.6 Å². The van der Waals surface area contributed by atoms with Crippen LogP contribution in [-0.2, 0) is 4.79 Å². The van der Waals surface area contributed by atoms with Crippen LogP contribution in [0.4, 0.5) is 19.0 Å². The highest BCUT2D eigenvalue weighted by atomic mass is 19.4. The van der Waals surface area contributed by atoms with E-state index in [2.05, 4.69) is 20.3 Å². The fourth-order valence-corrected chi connectivity index (χ4v) is 1.82. The maximum atomic E-state index is 13.1.